The Bertz CT molecular complexity index is 974. The average Bonchev–Trinajstić information content (AvgIpc) is 3.21. The van der Waals surface area contributed by atoms with Crippen molar-refractivity contribution in [3.63, 3.8) is 0 Å². The number of nitrogens with zero attached hydrogens (tertiary/aromatic N) is 4. The smallest absolute Gasteiger partial charge is 0.346 e. The SMILES string of the molecule is CCCc1nn(-c2ccccc2)c(=O)n1CC(=O)NC(C)c1nc(C)cs1. The predicted octanol–water partition coefficient (Wildman–Crippen LogP) is 2.63. The molecule has 1 unspecified atom stereocenters. The van der Waals surface area contributed by atoms with Gasteiger partial charge in [0.1, 0.15) is 17.4 Å². The molecule has 0 aliphatic carbocycles. The molecule has 0 saturated carbocycles. The summed E-state index contributed by atoms with van der Waals surface area (Å²) in [5.41, 5.74) is 1.31. The van der Waals surface area contributed by atoms with Gasteiger partial charge in [0.05, 0.1) is 11.7 Å². The minimum absolute atomic E-state index is 0.0598. The van der Waals surface area contributed by atoms with Gasteiger partial charge in [0.25, 0.3) is 0 Å². The monoisotopic (exact) mass is 385 g/mol. The molecule has 0 bridgehead atoms. The molecule has 0 radical (unpaired) electrons. The Morgan fingerprint density at radius 1 is 1.30 bits per heavy atom. The van der Waals surface area contributed by atoms with E-state index in [1.165, 1.54) is 20.6 Å². The van der Waals surface area contributed by atoms with Gasteiger partial charge in [-0.2, -0.15) is 4.68 Å². The molecule has 27 heavy (non-hydrogen) atoms. The summed E-state index contributed by atoms with van der Waals surface area (Å²) in [5, 5.41) is 10.2. The van der Waals surface area contributed by atoms with Gasteiger partial charge in [-0.25, -0.2) is 9.78 Å². The van der Waals surface area contributed by atoms with Gasteiger partial charge in [-0.05, 0) is 32.4 Å². The third-order valence-electron chi connectivity index (χ3n) is 4.10. The van der Waals surface area contributed by atoms with E-state index in [2.05, 4.69) is 15.4 Å². The topological polar surface area (TPSA) is 81.8 Å². The van der Waals surface area contributed by atoms with Crippen LogP contribution in [0.15, 0.2) is 40.5 Å². The van der Waals surface area contributed by atoms with Gasteiger partial charge in [-0.15, -0.1) is 16.4 Å². The number of carbonyl (C=O) groups excluding carboxylic acids is 1. The normalized spacial score (nSPS) is 12.1. The Kier molecular flexibility index (Phi) is 5.85. The lowest BCUT2D eigenvalue weighted by atomic mass is 10.3. The summed E-state index contributed by atoms with van der Waals surface area (Å²) in [5.74, 6) is 0.377. The second kappa shape index (κ2) is 8.30. The van der Waals surface area contributed by atoms with Crippen molar-refractivity contribution in [2.75, 3.05) is 0 Å². The maximum Gasteiger partial charge on any atom is 0.351 e. The van der Waals surface area contributed by atoms with Crippen LogP contribution in [0.3, 0.4) is 0 Å². The van der Waals surface area contributed by atoms with Crippen molar-refractivity contribution < 1.29 is 4.79 Å². The minimum atomic E-state index is -0.308. The van der Waals surface area contributed by atoms with Crippen LogP contribution in [0.25, 0.3) is 5.69 Å². The molecule has 3 aromatic rings. The number of rotatable bonds is 7. The number of nitrogens with one attached hydrogen (secondary N) is 1. The Hall–Kier alpha value is -2.74. The van der Waals surface area contributed by atoms with Crippen LogP contribution < -0.4 is 11.0 Å². The van der Waals surface area contributed by atoms with Crippen molar-refractivity contribution in [2.45, 2.75) is 46.2 Å². The van der Waals surface area contributed by atoms with Crippen molar-refractivity contribution in [1.29, 1.82) is 0 Å². The zero-order valence-corrected chi connectivity index (χ0v) is 16.5. The van der Waals surface area contributed by atoms with Gasteiger partial charge >= 0.3 is 5.69 Å². The van der Waals surface area contributed by atoms with Crippen LogP contribution >= 0.6 is 11.3 Å². The van der Waals surface area contributed by atoms with Crippen LogP contribution in [0.5, 0.6) is 0 Å². The van der Waals surface area contributed by atoms with E-state index < -0.39 is 0 Å². The van der Waals surface area contributed by atoms with Gasteiger partial charge in [0, 0.05) is 17.5 Å². The van der Waals surface area contributed by atoms with Crippen molar-refractivity contribution in [3.05, 3.63) is 62.7 Å². The molecule has 0 aliphatic heterocycles. The van der Waals surface area contributed by atoms with E-state index in [4.69, 9.17) is 0 Å². The van der Waals surface area contributed by atoms with Crippen LogP contribution in [0.2, 0.25) is 0 Å². The summed E-state index contributed by atoms with van der Waals surface area (Å²) in [4.78, 5) is 29.8. The Balaban J connectivity index is 1.82. The highest BCUT2D eigenvalue weighted by molar-refractivity contribution is 7.09. The largest absolute Gasteiger partial charge is 0.351 e. The van der Waals surface area contributed by atoms with Crippen LogP contribution in [-0.2, 0) is 17.8 Å². The Morgan fingerprint density at radius 2 is 2.04 bits per heavy atom. The Morgan fingerprint density at radius 3 is 2.67 bits per heavy atom. The number of amides is 1. The van der Waals surface area contributed by atoms with E-state index in [1.54, 1.807) is 0 Å². The molecule has 0 fully saturated rings. The molecular weight excluding hydrogens is 362 g/mol. The van der Waals surface area contributed by atoms with Crippen molar-refractivity contribution in [3.8, 4) is 5.69 Å². The molecule has 8 heteroatoms. The lowest BCUT2D eigenvalue weighted by Gasteiger charge is -2.12. The molecule has 3 rings (SSSR count). The van der Waals surface area contributed by atoms with E-state index in [1.807, 2.05) is 56.5 Å². The molecule has 0 aliphatic rings. The van der Waals surface area contributed by atoms with Gasteiger partial charge < -0.3 is 5.32 Å². The molecule has 2 aromatic heterocycles. The predicted molar refractivity (Wildman–Crippen MR) is 105 cm³/mol. The van der Waals surface area contributed by atoms with Gasteiger partial charge in [0.15, 0.2) is 0 Å². The number of hydrogen-bond donors (Lipinski definition) is 1. The van der Waals surface area contributed by atoms with Crippen molar-refractivity contribution in [1.82, 2.24) is 24.6 Å². The first-order valence-electron chi connectivity index (χ1n) is 8.95. The molecule has 7 nitrogen and oxygen atoms in total. The second-order valence-corrected chi connectivity index (χ2v) is 7.29. The van der Waals surface area contributed by atoms with E-state index in [-0.39, 0.29) is 24.2 Å². The number of aryl methyl sites for hydroxylation is 2. The summed E-state index contributed by atoms with van der Waals surface area (Å²) in [7, 11) is 0. The van der Waals surface area contributed by atoms with Gasteiger partial charge in [0.2, 0.25) is 5.91 Å². The quantitative estimate of drug-likeness (QED) is 0.678. The molecule has 2 heterocycles. The van der Waals surface area contributed by atoms with Crippen LogP contribution in [0, 0.1) is 6.92 Å². The Labute approximate surface area is 161 Å². The maximum atomic E-state index is 12.8. The van der Waals surface area contributed by atoms with Crippen molar-refractivity contribution >= 4 is 17.2 Å². The standard InChI is InChI=1S/C19H23N5O2S/c1-4-8-16-22-24(15-9-6-5-7-10-15)19(26)23(16)11-17(25)21-14(3)18-20-13(2)12-27-18/h5-7,9-10,12,14H,4,8,11H2,1-3H3,(H,21,25). The number of hydrogen-bond acceptors (Lipinski definition) is 5. The summed E-state index contributed by atoms with van der Waals surface area (Å²) in [6, 6.07) is 9.02. The molecule has 1 atom stereocenters. The first kappa shape index (κ1) is 19.0. The number of thiazole rings is 1. The van der Waals surface area contributed by atoms with Crippen LogP contribution in [0.4, 0.5) is 0 Å². The summed E-state index contributed by atoms with van der Waals surface area (Å²) >= 11 is 1.51. The molecule has 0 saturated heterocycles. The average molecular weight is 385 g/mol. The highest BCUT2D eigenvalue weighted by Gasteiger charge is 2.18. The first-order valence-corrected chi connectivity index (χ1v) is 9.83. The highest BCUT2D eigenvalue weighted by atomic mass is 32.1. The third-order valence-corrected chi connectivity index (χ3v) is 5.25. The number of carbonyl (C=O) groups is 1. The molecule has 1 amide bonds. The zero-order valence-electron chi connectivity index (χ0n) is 15.7. The van der Waals surface area contributed by atoms with E-state index in [0.717, 1.165) is 17.1 Å². The van der Waals surface area contributed by atoms with Gasteiger partial charge in [-0.1, -0.05) is 25.1 Å². The fraction of sp³-hybridized carbons (Fsp3) is 0.368. The maximum absolute atomic E-state index is 12.8. The summed E-state index contributed by atoms with van der Waals surface area (Å²) < 4.78 is 2.80. The highest BCUT2D eigenvalue weighted by Crippen LogP contribution is 2.17. The second-order valence-electron chi connectivity index (χ2n) is 6.40. The molecule has 142 valence electrons. The molecule has 1 aromatic carbocycles. The lowest BCUT2D eigenvalue weighted by Crippen LogP contribution is -2.35. The van der Waals surface area contributed by atoms with E-state index in [0.29, 0.717) is 17.9 Å². The lowest BCUT2D eigenvalue weighted by molar-refractivity contribution is -0.122. The number of benzene rings is 1. The fourth-order valence-corrected chi connectivity index (χ4v) is 3.61. The molecular formula is C19H23N5O2S. The fourth-order valence-electron chi connectivity index (χ4n) is 2.81. The van der Waals surface area contributed by atoms with E-state index >= 15 is 0 Å². The summed E-state index contributed by atoms with van der Waals surface area (Å²) in [6.45, 7) is 5.77. The first-order chi connectivity index (χ1) is 13.0. The molecule has 1 N–H and O–H groups in total. The number of para-hydroxylation sites is 1. The van der Waals surface area contributed by atoms with E-state index in [9.17, 15) is 9.59 Å². The minimum Gasteiger partial charge on any atom is -0.346 e. The van der Waals surface area contributed by atoms with Crippen LogP contribution in [0.1, 0.15) is 42.8 Å². The molecule has 0 spiro atoms. The van der Waals surface area contributed by atoms with Gasteiger partial charge in [-0.3, -0.25) is 9.36 Å². The van der Waals surface area contributed by atoms with Crippen molar-refractivity contribution in [2.24, 2.45) is 0 Å². The number of aromatic nitrogens is 4. The van der Waals surface area contributed by atoms with Crippen LogP contribution in [-0.4, -0.2) is 25.2 Å². The third kappa shape index (κ3) is 4.33. The zero-order chi connectivity index (χ0) is 19.4. The summed E-state index contributed by atoms with van der Waals surface area (Å²) in [6.07, 6.45) is 1.46.